The van der Waals surface area contributed by atoms with Crippen LogP contribution in [0.4, 0.5) is 0 Å². The minimum Gasteiger partial charge on any atom is -0.468 e. The van der Waals surface area contributed by atoms with Crippen molar-refractivity contribution in [1.29, 1.82) is 0 Å². The van der Waals surface area contributed by atoms with Crippen molar-refractivity contribution in [3.05, 3.63) is 0 Å². The number of methoxy groups -OCH3 is 1. The molecule has 0 saturated heterocycles. The Morgan fingerprint density at radius 3 is 2.50 bits per heavy atom. The fourth-order valence-electron chi connectivity index (χ4n) is 1.84. The number of aliphatic hydroxyl groups excluding tert-OH is 1. The molecule has 0 aromatic rings. The van der Waals surface area contributed by atoms with Gasteiger partial charge in [-0.3, -0.25) is 4.79 Å². The molecule has 0 aliphatic heterocycles. The van der Waals surface area contributed by atoms with Gasteiger partial charge in [0.05, 0.1) is 13.2 Å². The van der Waals surface area contributed by atoms with E-state index >= 15 is 0 Å². The fraction of sp³-hybridized carbons (Fsp3) is 0.900. The maximum atomic E-state index is 11.1. The Hall–Kier alpha value is -0.610. The molecular weight excluding hydrogens is 182 g/mol. The number of hydrogen-bond donors (Lipinski definition) is 2. The van der Waals surface area contributed by atoms with Crippen LogP contribution in [0.2, 0.25) is 0 Å². The van der Waals surface area contributed by atoms with Crippen molar-refractivity contribution in [2.75, 3.05) is 7.11 Å². The van der Waals surface area contributed by atoms with Crippen LogP contribution in [-0.2, 0) is 9.53 Å². The van der Waals surface area contributed by atoms with Crippen molar-refractivity contribution in [2.24, 2.45) is 0 Å². The summed E-state index contributed by atoms with van der Waals surface area (Å²) in [6, 6.07) is 0.0905. The van der Waals surface area contributed by atoms with Crippen molar-refractivity contribution in [2.45, 2.75) is 50.8 Å². The Labute approximate surface area is 84.6 Å². The summed E-state index contributed by atoms with van der Waals surface area (Å²) < 4.78 is 4.62. The van der Waals surface area contributed by atoms with Crippen LogP contribution < -0.4 is 5.32 Å². The van der Waals surface area contributed by atoms with Gasteiger partial charge in [-0.05, 0) is 32.6 Å². The van der Waals surface area contributed by atoms with E-state index in [2.05, 4.69) is 10.1 Å². The third-order valence-corrected chi connectivity index (χ3v) is 2.74. The largest absolute Gasteiger partial charge is 0.468 e. The number of ether oxygens (including phenoxy) is 1. The minimum absolute atomic E-state index is 0.151. The highest BCUT2D eigenvalue weighted by Crippen LogP contribution is 2.18. The topological polar surface area (TPSA) is 58.6 Å². The summed E-state index contributed by atoms with van der Waals surface area (Å²) in [5.74, 6) is -0.226. The standard InChI is InChI=1S/C10H19NO3/c1-7(10(13)14-2)11-8-3-5-9(12)6-4-8/h7-9,11-12H,3-6H2,1-2H3. The molecule has 1 rings (SSSR count). The van der Waals surface area contributed by atoms with Gasteiger partial charge in [-0.1, -0.05) is 0 Å². The number of nitrogens with one attached hydrogen (secondary N) is 1. The minimum atomic E-state index is -0.250. The molecule has 0 aromatic heterocycles. The molecule has 4 heteroatoms. The molecule has 0 heterocycles. The van der Waals surface area contributed by atoms with Gasteiger partial charge < -0.3 is 15.2 Å². The number of esters is 1. The zero-order chi connectivity index (χ0) is 10.6. The molecule has 2 N–H and O–H groups in total. The lowest BCUT2D eigenvalue weighted by Gasteiger charge is -2.28. The van der Waals surface area contributed by atoms with Gasteiger partial charge in [0, 0.05) is 6.04 Å². The molecule has 0 bridgehead atoms. The molecule has 1 fully saturated rings. The summed E-state index contributed by atoms with van der Waals surface area (Å²) >= 11 is 0. The van der Waals surface area contributed by atoms with E-state index in [1.165, 1.54) is 7.11 Å². The first-order chi connectivity index (χ1) is 6.63. The molecule has 1 aliphatic rings. The zero-order valence-corrected chi connectivity index (χ0v) is 8.82. The van der Waals surface area contributed by atoms with E-state index in [0.717, 1.165) is 25.7 Å². The first-order valence-electron chi connectivity index (χ1n) is 5.15. The van der Waals surface area contributed by atoms with Gasteiger partial charge in [0.25, 0.3) is 0 Å². The predicted molar refractivity (Wildman–Crippen MR) is 52.9 cm³/mol. The van der Waals surface area contributed by atoms with E-state index in [1.807, 2.05) is 0 Å². The quantitative estimate of drug-likeness (QED) is 0.651. The zero-order valence-electron chi connectivity index (χ0n) is 8.82. The van der Waals surface area contributed by atoms with Gasteiger partial charge in [-0.2, -0.15) is 0 Å². The maximum absolute atomic E-state index is 11.1. The number of carbonyl (C=O) groups is 1. The van der Waals surface area contributed by atoms with Crippen molar-refractivity contribution >= 4 is 5.97 Å². The normalized spacial score (nSPS) is 29.6. The van der Waals surface area contributed by atoms with Gasteiger partial charge in [0.2, 0.25) is 0 Å². The van der Waals surface area contributed by atoms with Gasteiger partial charge in [0.1, 0.15) is 6.04 Å². The first-order valence-corrected chi connectivity index (χ1v) is 5.15. The van der Waals surface area contributed by atoms with E-state index < -0.39 is 0 Å². The van der Waals surface area contributed by atoms with Crippen molar-refractivity contribution in [3.8, 4) is 0 Å². The Kier molecular flexibility index (Phi) is 4.35. The third kappa shape index (κ3) is 3.27. The summed E-state index contributed by atoms with van der Waals surface area (Å²) in [7, 11) is 1.39. The molecule has 0 aromatic carbocycles. The van der Waals surface area contributed by atoms with Crippen molar-refractivity contribution in [3.63, 3.8) is 0 Å². The summed E-state index contributed by atoms with van der Waals surface area (Å²) in [6.45, 7) is 1.80. The number of carbonyl (C=O) groups excluding carboxylic acids is 1. The second kappa shape index (κ2) is 5.32. The Morgan fingerprint density at radius 1 is 1.43 bits per heavy atom. The van der Waals surface area contributed by atoms with Crippen LogP contribution in [0.25, 0.3) is 0 Å². The van der Waals surface area contributed by atoms with Gasteiger partial charge in [0.15, 0.2) is 0 Å². The predicted octanol–water partition coefficient (Wildman–Crippen LogP) is 0.441. The Balaban J connectivity index is 2.27. The third-order valence-electron chi connectivity index (χ3n) is 2.74. The van der Waals surface area contributed by atoms with Crippen LogP contribution in [0.1, 0.15) is 32.6 Å². The van der Waals surface area contributed by atoms with Crippen LogP contribution in [0, 0.1) is 0 Å². The highest BCUT2D eigenvalue weighted by molar-refractivity contribution is 5.75. The molecule has 1 atom stereocenters. The van der Waals surface area contributed by atoms with E-state index in [9.17, 15) is 9.90 Å². The molecule has 0 spiro atoms. The molecule has 0 amide bonds. The molecule has 4 nitrogen and oxygen atoms in total. The SMILES string of the molecule is COC(=O)C(C)NC1CCC(O)CC1. The summed E-state index contributed by atoms with van der Waals surface area (Å²) in [5, 5.41) is 12.5. The average molecular weight is 201 g/mol. The number of rotatable bonds is 3. The van der Waals surface area contributed by atoms with Crippen LogP contribution in [0.15, 0.2) is 0 Å². The average Bonchev–Trinajstić information content (AvgIpc) is 2.20. The van der Waals surface area contributed by atoms with Crippen LogP contribution >= 0.6 is 0 Å². The molecule has 82 valence electrons. The van der Waals surface area contributed by atoms with Crippen LogP contribution in [-0.4, -0.2) is 36.4 Å². The van der Waals surface area contributed by atoms with E-state index in [-0.39, 0.29) is 18.1 Å². The molecule has 14 heavy (non-hydrogen) atoms. The summed E-state index contributed by atoms with van der Waals surface area (Å²) in [4.78, 5) is 11.1. The molecule has 1 unspecified atom stereocenters. The highest BCUT2D eigenvalue weighted by Gasteiger charge is 2.22. The summed E-state index contributed by atoms with van der Waals surface area (Å²) in [6.07, 6.45) is 3.36. The number of aliphatic hydroxyl groups is 1. The van der Waals surface area contributed by atoms with E-state index in [1.54, 1.807) is 6.92 Å². The lowest BCUT2D eigenvalue weighted by Crippen LogP contribution is -2.44. The highest BCUT2D eigenvalue weighted by atomic mass is 16.5. The second-order valence-electron chi connectivity index (χ2n) is 3.92. The van der Waals surface area contributed by atoms with Gasteiger partial charge in [-0.15, -0.1) is 0 Å². The van der Waals surface area contributed by atoms with Crippen molar-refractivity contribution in [1.82, 2.24) is 5.32 Å². The lowest BCUT2D eigenvalue weighted by atomic mass is 9.93. The molecule has 0 radical (unpaired) electrons. The Bertz CT molecular complexity index is 188. The monoisotopic (exact) mass is 201 g/mol. The van der Waals surface area contributed by atoms with E-state index in [4.69, 9.17) is 0 Å². The van der Waals surface area contributed by atoms with E-state index in [0.29, 0.717) is 6.04 Å². The molecule has 1 aliphatic carbocycles. The summed E-state index contributed by atoms with van der Waals surface area (Å²) in [5.41, 5.74) is 0. The maximum Gasteiger partial charge on any atom is 0.322 e. The first kappa shape index (κ1) is 11.5. The fourth-order valence-corrected chi connectivity index (χ4v) is 1.84. The second-order valence-corrected chi connectivity index (χ2v) is 3.92. The van der Waals surface area contributed by atoms with Crippen molar-refractivity contribution < 1.29 is 14.6 Å². The molecule has 1 saturated carbocycles. The number of hydrogen-bond acceptors (Lipinski definition) is 4. The Morgan fingerprint density at radius 2 is 2.00 bits per heavy atom. The lowest BCUT2D eigenvalue weighted by molar-refractivity contribution is -0.142. The van der Waals surface area contributed by atoms with Crippen LogP contribution in [0.5, 0.6) is 0 Å². The van der Waals surface area contributed by atoms with Crippen LogP contribution in [0.3, 0.4) is 0 Å². The van der Waals surface area contributed by atoms with Gasteiger partial charge in [-0.25, -0.2) is 0 Å². The van der Waals surface area contributed by atoms with Gasteiger partial charge >= 0.3 is 5.97 Å². The smallest absolute Gasteiger partial charge is 0.322 e. The molecular formula is C10H19NO3.